The van der Waals surface area contributed by atoms with Crippen molar-refractivity contribution in [1.82, 2.24) is 10.2 Å². The molecular formula is C25H31ClF6N2O2. The average molecular weight is 541 g/mol. The van der Waals surface area contributed by atoms with Crippen LogP contribution in [0, 0.1) is 0 Å². The molecule has 2 heterocycles. The van der Waals surface area contributed by atoms with Crippen molar-refractivity contribution in [2.45, 2.75) is 43.4 Å². The minimum Gasteiger partial charge on any atom is -0.375 e. The van der Waals surface area contributed by atoms with Gasteiger partial charge in [-0.05, 0) is 11.1 Å². The van der Waals surface area contributed by atoms with Gasteiger partial charge in [0.15, 0.2) is 0 Å². The molecule has 0 aliphatic carbocycles. The van der Waals surface area contributed by atoms with Crippen molar-refractivity contribution in [3.05, 3.63) is 71.8 Å². The van der Waals surface area contributed by atoms with Gasteiger partial charge in [-0.15, -0.1) is 12.4 Å². The van der Waals surface area contributed by atoms with Gasteiger partial charge in [0.1, 0.15) is 0 Å². The number of rotatable bonds is 9. The Morgan fingerprint density at radius 2 is 1.14 bits per heavy atom. The average Bonchev–Trinajstić information content (AvgIpc) is 2.74. The summed E-state index contributed by atoms with van der Waals surface area (Å²) in [5.74, 6) is 0. The Kier molecular flexibility index (Phi) is 12.0. The third-order valence-electron chi connectivity index (χ3n) is 5.69. The molecule has 2 aromatic rings. The van der Waals surface area contributed by atoms with E-state index in [2.05, 4.69) is 34.5 Å². The van der Waals surface area contributed by atoms with Gasteiger partial charge in [0.05, 0.1) is 44.3 Å². The largest absolute Gasteiger partial charge is 0.391 e. The van der Waals surface area contributed by atoms with Gasteiger partial charge in [-0.2, -0.15) is 26.3 Å². The molecule has 4 rings (SSSR count). The highest BCUT2D eigenvalue weighted by molar-refractivity contribution is 5.85. The van der Waals surface area contributed by atoms with Gasteiger partial charge in [-0.1, -0.05) is 60.7 Å². The maximum Gasteiger partial charge on any atom is 0.391 e. The van der Waals surface area contributed by atoms with Gasteiger partial charge in [0.2, 0.25) is 0 Å². The van der Waals surface area contributed by atoms with Gasteiger partial charge in [0.25, 0.3) is 0 Å². The first-order chi connectivity index (χ1) is 16.6. The molecule has 11 heteroatoms. The predicted molar refractivity (Wildman–Crippen MR) is 127 cm³/mol. The molecular weight excluding hydrogens is 510 g/mol. The Hall–Kier alpha value is -1.85. The zero-order valence-electron chi connectivity index (χ0n) is 19.6. The van der Waals surface area contributed by atoms with Gasteiger partial charge >= 0.3 is 12.4 Å². The number of nitrogens with zero attached hydrogens (tertiary/aromatic N) is 1. The van der Waals surface area contributed by atoms with Crippen LogP contribution in [0.15, 0.2) is 60.7 Å². The topological polar surface area (TPSA) is 33.7 Å². The molecule has 2 aromatic carbocycles. The Labute approximate surface area is 213 Å². The summed E-state index contributed by atoms with van der Waals surface area (Å²) in [6, 6.07) is 20.4. The molecule has 0 bridgehead atoms. The van der Waals surface area contributed by atoms with Crippen LogP contribution in [-0.2, 0) is 9.47 Å². The summed E-state index contributed by atoms with van der Waals surface area (Å²) in [6.45, 7) is 2.17. The van der Waals surface area contributed by atoms with Crippen molar-refractivity contribution in [3.8, 4) is 0 Å². The van der Waals surface area contributed by atoms with Crippen LogP contribution in [0.25, 0.3) is 0 Å². The molecule has 2 aliphatic rings. The fourth-order valence-corrected chi connectivity index (χ4v) is 3.73. The number of alkyl halides is 6. The summed E-state index contributed by atoms with van der Waals surface area (Å²) in [5.41, 5.74) is 2.36. The van der Waals surface area contributed by atoms with E-state index in [0.717, 1.165) is 0 Å². The lowest BCUT2D eigenvalue weighted by molar-refractivity contribution is -0.157. The minimum atomic E-state index is -4.15. The number of ether oxygens (including phenoxy) is 2. The molecule has 0 atom stereocenters. The molecule has 4 nitrogen and oxygen atoms in total. The van der Waals surface area contributed by atoms with Gasteiger partial charge in [0, 0.05) is 26.2 Å². The fraction of sp³-hybridized carbons (Fsp3) is 0.520. The summed E-state index contributed by atoms with van der Waals surface area (Å²) in [4.78, 5) is 2.24. The number of halogens is 7. The standard InChI is InChI=1S/C19H20F3NO.C6H10F3NO.ClH/c20-19(21,22)11-12-24-17-13-23(14-17)18(15-7-3-1-4-8-15)16-9-5-2-6-10-16;7-6(8,9)1-2-11-5-3-10-4-5;/h1-10,17-18H,11-14H2;5,10H,1-4H2;1H. The SMILES string of the molecule is Cl.FC(F)(F)CCOC1CN(C(c2ccccc2)c2ccccc2)C1.FC(F)(F)CCOC1CNC1. The lowest BCUT2D eigenvalue weighted by Gasteiger charge is -2.44. The van der Waals surface area contributed by atoms with E-state index in [9.17, 15) is 26.3 Å². The Bertz CT molecular complexity index is 821. The number of hydrogen-bond acceptors (Lipinski definition) is 4. The van der Waals surface area contributed by atoms with Gasteiger partial charge in [-0.3, -0.25) is 4.90 Å². The third kappa shape index (κ3) is 10.6. The Morgan fingerprint density at radius 1 is 0.722 bits per heavy atom. The molecule has 2 aliphatic heterocycles. The smallest absolute Gasteiger partial charge is 0.375 e. The first-order valence-corrected chi connectivity index (χ1v) is 11.5. The van der Waals surface area contributed by atoms with E-state index in [1.54, 1.807) is 0 Å². The molecule has 36 heavy (non-hydrogen) atoms. The van der Waals surface area contributed by atoms with E-state index in [-0.39, 0.29) is 43.9 Å². The Morgan fingerprint density at radius 3 is 1.50 bits per heavy atom. The van der Waals surface area contributed by atoms with Crippen LogP contribution in [0.3, 0.4) is 0 Å². The summed E-state index contributed by atoms with van der Waals surface area (Å²) in [5, 5.41) is 2.90. The molecule has 2 saturated heterocycles. The highest BCUT2D eigenvalue weighted by atomic mass is 35.5. The quantitative estimate of drug-likeness (QED) is 0.409. The first kappa shape index (κ1) is 30.4. The summed E-state index contributed by atoms with van der Waals surface area (Å²) < 4.78 is 81.4. The number of benzene rings is 2. The maximum atomic E-state index is 12.2. The zero-order chi connectivity index (χ0) is 25.3. The molecule has 0 unspecified atom stereocenters. The van der Waals surface area contributed by atoms with E-state index < -0.39 is 25.2 Å². The van der Waals surface area contributed by atoms with Crippen molar-refractivity contribution in [3.63, 3.8) is 0 Å². The monoisotopic (exact) mass is 540 g/mol. The molecule has 2 fully saturated rings. The minimum absolute atomic E-state index is 0. The number of hydrogen-bond donors (Lipinski definition) is 1. The molecule has 0 spiro atoms. The lowest BCUT2D eigenvalue weighted by Crippen LogP contribution is -2.53. The van der Waals surface area contributed by atoms with Gasteiger partial charge in [-0.25, -0.2) is 0 Å². The van der Waals surface area contributed by atoms with Crippen LogP contribution < -0.4 is 5.32 Å². The summed E-state index contributed by atoms with van der Waals surface area (Å²) >= 11 is 0. The second kappa shape index (κ2) is 14.2. The van der Waals surface area contributed by atoms with E-state index in [4.69, 9.17) is 9.47 Å². The maximum absolute atomic E-state index is 12.2. The first-order valence-electron chi connectivity index (χ1n) is 11.5. The second-order valence-corrected chi connectivity index (χ2v) is 8.55. The van der Waals surface area contributed by atoms with Crippen LogP contribution in [0.5, 0.6) is 0 Å². The molecule has 0 saturated carbocycles. The van der Waals surface area contributed by atoms with Crippen molar-refractivity contribution < 1.29 is 35.8 Å². The van der Waals surface area contributed by atoms with E-state index in [1.807, 2.05) is 36.4 Å². The summed E-state index contributed by atoms with van der Waals surface area (Å²) in [6.07, 6.45) is -10.1. The third-order valence-corrected chi connectivity index (χ3v) is 5.69. The number of likely N-dealkylation sites (tertiary alicyclic amines) is 1. The van der Waals surface area contributed by atoms with E-state index in [0.29, 0.717) is 26.2 Å². The van der Waals surface area contributed by atoms with Crippen molar-refractivity contribution >= 4 is 12.4 Å². The van der Waals surface area contributed by atoms with E-state index in [1.165, 1.54) is 11.1 Å². The van der Waals surface area contributed by atoms with Gasteiger partial charge < -0.3 is 14.8 Å². The van der Waals surface area contributed by atoms with Crippen LogP contribution in [-0.4, -0.2) is 68.9 Å². The van der Waals surface area contributed by atoms with Crippen molar-refractivity contribution in [2.24, 2.45) is 0 Å². The molecule has 1 N–H and O–H groups in total. The van der Waals surface area contributed by atoms with Crippen LogP contribution in [0.4, 0.5) is 26.3 Å². The molecule has 0 aromatic heterocycles. The van der Waals surface area contributed by atoms with Crippen LogP contribution in [0.1, 0.15) is 30.0 Å². The fourth-order valence-electron chi connectivity index (χ4n) is 3.73. The second-order valence-electron chi connectivity index (χ2n) is 8.55. The highest BCUT2D eigenvalue weighted by Gasteiger charge is 2.35. The predicted octanol–water partition coefficient (Wildman–Crippen LogP) is 5.78. The lowest BCUT2D eigenvalue weighted by atomic mass is 9.94. The Balaban J connectivity index is 0.000000321. The molecule has 0 radical (unpaired) electrons. The van der Waals surface area contributed by atoms with Crippen molar-refractivity contribution in [1.29, 1.82) is 0 Å². The molecule has 0 amide bonds. The van der Waals surface area contributed by atoms with Crippen LogP contribution in [0.2, 0.25) is 0 Å². The molecule has 202 valence electrons. The summed E-state index contributed by atoms with van der Waals surface area (Å²) in [7, 11) is 0. The van der Waals surface area contributed by atoms with Crippen LogP contribution >= 0.6 is 12.4 Å². The van der Waals surface area contributed by atoms with Crippen molar-refractivity contribution in [2.75, 3.05) is 39.4 Å². The number of nitrogens with one attached hydrogen (secondary N) is 1. The van der Waals surface area contributed by atoms with E-state index >= 15 is 0 Å². The highest BCUT2D eigenvalue weighted by Crippen LogP contribution is 2.33. The normalized spacial score (nSPS) is 17.0. The zero-order valence-corrected chi connectivity index (χ0v) is 20.4.